The van der Waals surface area contributed by atoms with Crippen LogP contribution in [0.5, 0.6) is 0 Å². The lowest BCUT2D eigenvalue weighted by Gasteiger charge is -2.07. The van der Waals surface area contributed by atoms with E-state index in [1.54, 1.807) is 42.5 Å². The third kappa shape index (κ3) is 2.76. The summed E-state index contributed by atoms with van der Waals surface area (Å²) in [5, 5.41) is 3.67. The van der Waals surface area contributed by atoms with Gasteiger partial charge in [-0.1, -0.05) is 12.1 Å². The van der Waals surface area contributed by atoms with Crippen LogP contribution in [-0.2, 0) is 0 Å². The molecular formula is C20H12FNO3. The quantitative estimate of drug-likeness (QED) is 0.555. The first-order chi connectivity index (χ1) is 12.1. The summed E-state index contributed by atoms with van der Waals surface area (Å²) in [6.45, 7) is 0. The zero-order valence-electron chi connectivity index (χ0n) is 13.0. The van der Waals surface area contributed by atoms with Crippen molar-refractivity contribution in [2.45, 2.75) is 0 Å². The van der Waals surface area contributed by atoms with Gasteiger partial charge in [0.05, 0.1) is 10.8 Å². The Morgan fingerprint density at radius 2 is 1.60 bits per heavy atom. The number of amides is 1. The number of anilines is 1. The molecule has 0 spiro atoms. The minimum atomic E-state index is -0.407. The first-order valence-electron chi connectivity index (χ1n) is 7.64. The lowest BCUT2D eigenvalue weighted by atomic mass is 10.1. The largest absolute Gasteiger partial charge is 0.456 e. The van der Waals surface area contributed by atoms with Crippen molar-refractivity contribution in [2.75, 3.05) is 5.32 Å². The molecule has 1 N–H and O–H groups in total. The van der Waals surface area contributed by atoms with E-state index in [0.717, 1.165) is 0 Å². The number of benzene rings is 3. The molecule has 0 bridgehead atoms. The Labute approximate surface area is 141 Å². The van der Waals surface area contributed by atoms with Crippen LogP contribution in [0.25, 0.3) is 21.9 Å². The molecule has 0 unspecified atom stereocenters. The van der Waals surface area contributed by atoms with Crippen LogP contribution in [0, 0.1) is 5.82 Å². The molecule has 0 atom stereocenters. The summed E-state index contributed by atoms with van der Waals surface area (Å²) in [7, 11) is 0. The molecule has 4 aromatic rings. The Balaban J connectivity index is 1.73. The van der Waals surface area contributed by atoms with Crippen molar-refractivity contribution in [3.8, 4) is 0 Å². The second kappa shape index (κ2) is 5.87. The highest BCUT2D eigenvalue weighted by atomic mass is 19.1. The number of fused-ring (bicyclic) bond motifs is 2. The van der Waals surface area contributed by atoms with Crippen molar-refractivity contribution in [1.29, 1.82) is 0 Å². The zero-order chi connectivity index (χ0) is 17.4. The molecule has 1 amide bonds. The van der Waals surface area contributed by atoms with E-state index in [1.807, 2.05) is 0 Å². The van der Waals surface area contributed by atoms with Crippen molar-refractivity contribution in [3.05, 3.63) is 88.3 Å². The SMILES string of the molecule is O=C(Nc1ccc2c(=O)c3ccccc3oc2c1)c1ccc(F)cc1. The Morgan fingerprint density at radius 3 is 2.40 bits per heavy atom. The summed E-state index contributed by atoms with van der Waals surface area (Å²) in [4.78, 5) is 24.7. The molecule has 0 fully saturated rings. The first kappa shape index (κ1) is 15.1. The number of hydrogen-bond acceptors (Lipinski definition) is 3. The maximum atomic E-state index is 12.9. The lowest BCUT2D eigenvalue weighted by Crippen LogP contribution is -2.12. The van der Waals surface area contributed by atoms with Gasteiger partial charge in [-0.15, -0.1) is 0 Å². The highest BCUT2D eigenvalue weighted by Crippen LogP contribution is 2.22. The van der Waals surface area contributed by atoms with E-state index in [4.69, 9.17) is 4.42 Å². The molecule has 0 radical (unpaired) electrons. The van der Waals surface area contributed by atoms with Gasteiger partial charge >= 0.3 is 0 Å². The Kier molecular flexibility index (Phi) is 3.54. The van der Waals surface area contributed by atoms with E-state index in [2.05, 4.69) is 5.32 Å². The first-order valence-corrected chi connectivity index (χ1v) is 7.64. The monoisotopic (exact) mass is 333 g/mol. The zero-order valence-corrected chi connectivity index (χ0v) is 13.0. The standard InChI is InChI=1S/C20H12FNO3/c21-13-7-5-12(6-8-13)20(24)22-14-9-10-16-18(11-14)25-17-4-2-1-3-15(17)19(16)23/h1-11H,(H,22,24). The number of rotatable bonds is 2. The highest BCUT2D eigenvalue weighted by Gasteiger charge is 2.10. The molecule has 3 aromatic carbocycles. The fourth-order valence-corrected chi connectivity index (χ4v) is 2.68. The van der Waals surface area contributed by atoms with Crippen LogP contribution in [0.2, 0.25) is 0 Å². The van der Waals surface area contributed by atoms with Gasteiger partial charge in [0, 0.05) is 17.3 Å². The molecular weight excluding hydrogens is 321 g/mol. The number of para-hydroxylation sites is 1. The van der Waals surface area contributed by atoms with Gasteiger partial charge in [-0.2, -0.15) is 0 Å². The van der Waals surface area contributed by atoms with Gasteiger partial charge in [0.2, 0.25) is 5.43 Å². The fourth-order valence-electron chi connectivity index (χ4n) is 2.68. The van der Waals surface area contributed by atoms with Crippen molar-refractivity contribution in [2.24, 2.45) is 0 Å². The second-order valence-electron chi connectivity index (χ2n) is 5.60. The van der Waals surface area contributed by atoms with Crippen LogP contribution < -0.4 is 10.7 Å². The maximum Gasteiger partial charge on any atom is 0.255 e. The number of hydrogen-bond donors (Lipinski definition) is 1. The van der Waals surface area contributed by atoms with Crippen molar-refractivity contribution >= 4 is 33.5 Å². The predicted molar refractivity (Wildman–Crippen MR) is 94.3 cm³/mol. The Hall–Kier alpha value is -3.47. The average Bonchev–Trinajstić information content (AvgIpc) is 2.62. The second-order valence-corrected chi connectivity index (χ2v) is 5.60. The number of carbonyl (C=O) groups is 1. The molecule has 25 heavy (non-hydrogen) atoms. The van der Waals surface area contributed by atoms with E-state index in [1.165, 1.54) is 24.3 Å². The van der Waals surface area contributed by atoms with Crippen LogP contribution in [-0.4, -0.2) is 5.91 Å². The fraction of sp³-hybridized carbons (Fsp3) is 0. The molecule has 1 heterocycles. The summed E-state index contributed by atoms with van der Waals surface area (Å²) < 4.78 is 18.7. The van der Waals surface area contributed by atoms with Crippen LogP contribution in [0.1, 0.15) is 10.4 Å². The van der Waals surface area contributed by atoms with E-state index >= 15 is 0 Å². The smallest absolute Gasteiger partial charge is 0.255 e. The number of halogens is 1. The summed E-state index contributed by atoms with van der Waals surface area (Å²) in [6.07, 6.45) is 0. The minimum Gasteiger partial charge on any atom is -0.456 e. The summed E-state index contributed by atoms with van der Waals surface area (Å²) in [5.41, 5.74) is 1.58. The molecule has 0 saturated carbocycles. The minimum absolute atomic E-state index is 0.117. The van der Waals surface area contributed by atoms with E-state index in [9.17, 15) is 14.0 Å². The molecule has 0 saturated heterocycles. The molecule has 4 nitrogen and oxygen atoms in total. The van der Waals surface area contributed by atoms with Gasteiger partial charge < -0.3 is 9.73 Å². The Bertz CT molecular complexity index is 1160. The molecule has 1 aromatic heterocycles. The Morgan fingerprint density at radius 1 is 0.880 bits per heavy atom. The van der Waals surface area contributed by atoms with Gasteiger partial charge in [0.1, 0.15) is 17.0 Å². The van der Waals surface area contributed by atoms with E-state index in [0.29, 0.717) is 33.2 Å². The summed E-state index contributed by atoms with van der Waals surface area (Å²) in [5.74, 6) is -0.779. The molecule has 4 rings (SSSR count). The summed E-state index contributed by atoms with van der Waals surface area (Å²) in [6, 6.07) is 17.1. The molecule has 0 aliphatic heterocycles. The van der Waals surface area contributed by atoms with Crippen LogP contribution in [0.4, 0.5) is 10.1 Å². The number of carbonyl (C=O) groups excluding carboxylic acids is 1. The van der Waals surface area contributed by atoms with E-state index in [-0.39, 0.29) is 11.3 Å². The van der Waals surface area contributed by atoms with E-state index < -0.39 is 5.82 Å². The molecule has 0 aliphatic rings. The van der Waals surface area contributed by atoms with Crippen molar-refractivity contribution in [1.82, 2.24) is 0 Å². The maximum absolute atomic E-state index is 12.9. The van der Waals surface area contributed by atoms with Gasteiger partial charge in [0.15, 0.2) is 0 Å². The highest BCUT2D eigenvalue weighted by molar-refractivity contribution is 6.05. The molecule has 0 aliphatic carbocycles. The van der Waals surface area contributed by atoms with Gasteiger partial charge in [0.25, 0.3) is 5.91 Å². The van der Waals surface area contributed by atoms with Crippen LogP contribution in [0.15, 0.2) is 75.9 Å². The third-order valence-electron chi connectivity index (χ3n) is 3.94. The normalized spacial score (nSPS) is 10.9. The third-order valence-corrected chi connectivity index (χ3v) is 3.94. The van der Waals surface area contributed by atoms with Crippen molar-refractivity contribution < 1.29 is 13.6 Å². The van der Waals surface area contributed by atoms with Crippen molar-refractivity contribution in [3.63, 3.8) is 0 Å². The van der Waals surface area contributed by atoms with Crippen LogP contribution in [0.3, 0.4) is 0 Å². The predicted octanol–water partition coefficient (Wildman–Crippen LogP) is 4.34. The van der Waals surface area contributed by atoms with Gasteiger partial charge in [-0.05, 0) is 48.5 Å². The van der Waals surface area contributed by atoms with Gasteiger partial charge in [-0.3, -0.25) is 9.59 Å². The average molecular weight is 333 g/mol. The topological polar surface area (TPSA) is 59.3 Å². The summed E-state index contributed by atoms with van der Waals surface area (Å²) >= 11 is 0. The molecule has 122 valence electrons. The van der Waals surface area contributed by atoms with Crippen LogP contribution >= 0.6 is 0 Å². The van der Waals surface area contributed by atoms with Gasteiger partial charge in [-0.25, -0.2) is 4.39 Å². The lowest BCUT2D eigenvalue weighted by molar-refractivity contribution is 0.102. The molecule has 5 heteroatoms. The number of nitrogens with one attached hydrogen (secondary N) is 1.